The van der Waals surface area contributed by atoms with Gasteiger partial charge in [0.25, 0.3) is 5.91 Å². The minimum atomic E-state index is -0.320. The van der Waals surface area contributed by atoms with Gasteiger partial charge >= 0.3 is 0 Å². The van der Waals surface area contributed by atoms with Crippen molar-refractivity contribution in [2.24, 2.45) is 5.92 Å². The highest BCUT2D eigenvalue weighted by molar-refractivity contribution is 5.94. The number of β-amino-alcohol motifs (C(OH)–C–C–N with tert-alkyl or cyclic N) is 1. The molecule has 1 unspecified atom stereocenters. The van der Waals surface area contributed by atoms with E-state index in [0.717, 1.165) is 76.1 Å². The number of aliphatic hydroxyl groups is 1. The fourth-order valence-corrected chi connectivity index (χ4v) is 4.63. The summed E-state index contributed by atoms with van der Waals surface area (Å²) in [6.07, 6.45) is 4.64. The molecule has 0 aromatic carbocycles. The molecule has 3 N–H and O–H groups in total. The maximum atomic E-state index is 13.1. The molecule has 0 aliphatic carbocycles. The normalized spacial score (nSPS) is 22.1. The fraction of sp³-hybridized carbons (Fsp3) is 0.750. The van der Waals surface area contributed by atoms with E-state index in [1.54, 1.807) is 7.05 Å². The van der Waals surface area contributed by atoms with Crippen molar-refractivity contribution in [3.63, 3.8) is 0 Å². The smallest absolute Gasteiger partial charge is 0.273 e. The number of amides is 1. The van der Waals surface area contributed by atoms with Gasteiger partial charge < -0.3 is 20.6 Å². The van der Waals surface area contributed by atoms with Crippen LogP contribution in [0.15, 0.2) is 0 Å². The Morgan fingerprint density at radius 2 is 2.00 bits per heavy atom. The molecule has 0 radical (unpaired) electrons. The second-order valence-corrected chi connectivity index (χ2v) is 8.21. The summed E-state index contributed by atoms with van der Waals surface area (Å²) < 4.78 is 0. The van der Waals surface area contributed by atoms with Crippen LogP contribution < -0.4 is 10.6 Å². The van der Waals surface area contributed by atoms with Crippen molar-refractivity contribution in [3.8, 4) is 0 Å². The average molecular weight is 389 g/mol. The highest BCUT2D eigenvalue weighted by Crippen LogP contribution is 2.25. The Morgan fingerprint density at radius 1 is 1.25 bits per heavy atom. The fourth-order valence-electron chi connectivity index (χ4n) is 4.63. The van der Waals surface area contributed by atoms with Crippen molar-refractivity contribution in [2.75, 3.05) is 51.6 Å². The SMILES string of the molecule is CNc1nc2c(c(C(=O)N3CCCC3)n1)CN(CC(O)C1CCNCC1)CC2. The van der Waals surface area contributed by atoms with E-state index in [1.165, 1.54) is 0 Å². The summed E-state index contributed by atoms with van der Waals surface area (Å²) in [5, 5.41) is 17.1. The molecule has 3 aliphatic rings. The Bertz CT molecular complexity index is 700. The van der Waals surface area contributed by atoms with Crippen LogP contribution in [0.25, 0.3) is 0 Å². The topological polar surface area (TPSA) is 93.6 Å². The van der Waals surface area contributed by atoms with Gasteiger partial charge in [0.1, 0.15) is 5.69 Å². The molecule has 28 heavy (non-hydrogen) atoms. The van der Waals surface area contributed by atoms with Crippen LogP contribution in [0.4, 0.5) is 5.95 Å². The van der Waals surface area contributed by atoms with Crippen LogP contribution in [0.1, 0.15) is 47.4 Å². The molecule has 2 saturated heterocycles. The number of nitrogens with one attached hydrogen (secondary N) is 2. The highest BCUT2D eigenvalue weighted by Gasteiger charge is 2.31. The molecule has 1 aromatic rings. The molecule has 1 amide bonds. The maximum Gasteiger partial charge on any atom is 0.273 e. The second kappa shape index (κ2) is 8.71. The number of likely N-dealkylation sites (tertiary alicyclic amines) is 1. The molecule has 0 saturated carbocycles. The first-order chi connectivity index (χ1) is 13.7. The number of nitrogens with zero attached hydrogens (tertiary/aromatic N) is 4. The summed E-state index contributed by atoms with van der Waals surface area (Å²) in [7, 11) is 1.79. The van der Waals surface area contributed by atoms with Crippen molar-refractivity contribution in [1.82, 2.24) is 25.1 Å². The molecular weight excluding hydrogens is 356 g/mol. The number of rotatable bonds is 5. The number of piperidine rings is 1. The molecule has 1 aromatic heterocycles. The predicted octanol–water partition coefficient (Wildman–Crippen LogP) is 0.473. The van der Waals surface area contributed by atoms with Crippen LogP contribution in [-0.4, -0.2) is 83.2 Å². The van der Waals surface area contributed by atoms with Crippen LogP contribution in [0, 0.1) is 5.92 Å². The lowest BCUT2D eigenvalue weighted by Crippen LogP contribution is -2.43. The zero-order chi connectivity index (χ0) is 19.5. The van der Waals surface area contributed by atoms with Gasteiger partial charge in [0.15, 0.2) is 0 Å². The van der Waals surface area contributed by atoms with Gasteiger partial charge in [-0.3, -0.25) is 9.69 Å². The van der Waals surface area contributed by atoms with E-state index in [1.807, 2.05) is 4.90 Å². The van der Waals surface area contributed by atoms with Gasteiger partial charge in [-0.25, -0.2) is 9.97 Å². The van der Waals surface area contributed by atoms with E-state index in [4.69, 9.17) is 0 Å². The Hall–Kier alpha value is -1.77. The summed E-state index contributed by atoms with van der Waals surface area (Å²) in [5.41, 5.74) is 2.45. The Labute approximate surface area is 166 Å². The molecule has 154 valence electrons. The minimum Gasteiger partial charge on any atom is -0.392 e. The van der Waals surface area contributed by atoms with Crippen molar-refractivity contribution < 1.29 is 9.90 Å². The Balaban J connectivity index is 1.52. The van der Waals surface area contributed by atoms with Crippen molar-refractivity contribution in [2.45, 2.75) is 44.8 Å². The number of aromatic nitrogens is 2. The number of anilines is 1. The standard InChI is InChI=1S/C20H32N6O2/c1-21-20-23-16-6-11-25(13-17(27)14-4-7-22-8-5-14)12-15(16)18(24-20)19(28)26-9-2-3-10-26/h14,17,22,27H,2-13H2,1H3,(H,21,23,24). The first-order valence-electron chi connectivity index (χ1n) is 10.6. The monoisotopic (exact) mass is 388 g/mol. The summed E-state index contributed by atoms with van der Waals surface area (Å²) >= 11 is 0. The number of carbonyl (C=O) groups excluding carboxylic acids is 1. The maximum absolute atomic E-state index is 13.1. The van der Waals surface area contributed by atoms with Gasteiger partial charge in [-0.05, 0) is 44.7 Å². The molecular formula is C20H32N6O2. The van der Waals surface area contributed by atoms with E-state index in [-0.39, 0.29) is 12.0 Å². The van der Waals surface area contributed by atoms with E-state index in [0.29, 0.717) is 30.6 Å². The van der Waals surface area contributed by atoms with Gasteiger partial charge in [0, 0.05) is 51.8 Å². The van der Waals surface area contributed by atoms with Crippen LogP contribution in [-0.2, 0) is 13.0 Å². The summed E-state index contributed by atoms with van der Waals surface area (Å²) in [6.45, 7) is 5.73. The third-order valence-electron chi connectivity index (χ3n) is 6.33. The molecule has 8 nitrogen and oxygen atoms in total. The highest BCUT2D eigenvalue weighted by atomic mass is 16.3. The van der Waals surface area contributed by atoms with E-state index < -0.39 is 0 Å². The van der Waals surface area contributed by atoms with Crippen LogP contribution in [0.5, 0.6) is 0 Å². The Kier molecular flexibility index (Phi) is 6.08. The quantitative estimate of drug-likeness (QED) is 0.675. The molecule has 4 heterocycles. The third kappa shape index (κ3) is 4.14. The molecule has 0 spiro atoms. The first-order valence-corrected chi connectivity index (χ1v) is 10.6. The zero-order valence-corrected chi connectivity index (χ0v) is 16.8. The van der Waals surface area contributed by atoms with Crippen LogP contribution >= 0.6 is 0 Å². The first kappa shape index (κ1) is 19.5. The lowest BCUT2D eigenvalue weighted by Gasteiger charge is -2.34. The van der Waals surface area contributed by atoms with E-state index >= 15 is 0 Å². The number of hydrogen-bond donors (Lipinski definition) is 3. The van der Waals surface area contributed by atoms with Crippen molar-refractivity contribution in [3.05, 3.63) is 17.0 Å². The van der Waals surface area contributed by atoms with Gasteiger partial charge in [0.2, 0.25) is 5.95 Å². The van der Waals surface area contributed by atoms with Gasteiger partial charge in [-0.15, -0.1) is 0 Å². The predicted molar refractivity (Wildman–Crippen MR) is 107 cm³/mol. The average Bonchev–Trinajstić information content (AvgIpc) is 3.28. The number of carbonyl (C=O) groups is 1. The van der Waals surface area contributed by atoms with Gasteiger partial charge in [-0.1, -0.05) is 0 Å². The van der Waals surface area contributed by atoms with Crippen molar-refractivity contribution >= 4 is 11.9 Å². The molecule has 3 aliphatic heterocycles. The van der Waals surface area contributed by atoms with E-state index in [9.17, 15) is 9.90 Å². The zero-order valence-electron chi connectivity index (χ0n) is 16.8. The van der Waals surface area contributed by atoms with Crippen molar-refractivity contribution in [1.29, 1.82) is 0 Å². The summed E-state index contributed by atoms with van der Waals surface area (Å²) in [5.74, 6) is 0.897. The molecule has 4 rings (SSSR count). The molecule has 8 heteroatoms. The minimum absolute atomic E-state index is 0.0217. The van der Waals surface area contributed by atoms with Gasteiger partial charge in [-0.2, -0.15) is 0 Å². The molecule has 1 atom stereocenters. The largest absolute Gasteiger partial charge is 0.392 e. The van der Waals surface area contributed by atoms with E-state index in [2.05, 4.69) is 25.5 Å². The van der Waals surface area contributed by atoms with Crippen LogP contribution in [0.3, 0.4) is 0 Å². The lowest BCUT2D eigenvalue weighted by atomic mass is 9.91. The Morgan fingerprint density at radius 3 is 2.71 bits per heavy atom. The molecule has 2 fully saturated rings. The number of hydrogen-bond acceptors (Lipinski definition) is 7. The lowest BCUT2D eigenvalue weighted by molar-refractivity contribution is 0.0458. The third-order valence-corrected chi connectivity index (χ3v) is 6.33. The summed E-state index contributed by atoms with van der Waals surface area (Å²) in [6, 6.07) is 0. The number of aliphatic hydroxyl groups excluding tert-OH is 1. The number of fused-ring (bicyclic) bond motifs is 1. The summed E-state index contributed by atoms with van der Waals surface area (Å²) in [4.78, 5) is 26.4. The molecule has 0 bridgehead atoms. The van der Waals surface area contributed by atoms with Gasteiger partial charge in [0.05, 0.1) is 11.8 Å². The van der Waals surface area contributed by atoms with Crippen LogP contribution in [0.2, 0.25) is 0 Å². The second-order valence-electron chi connectivity index (χ2n) is 8.21.